The lowest BCUT2D eigenvalue weighted by Crippen LogP contribution is -2.27. The van der Waals surface area contributed by atoms with Crippen molar-refractivity contribution in [2.24, 2.45) is 0 Å². The van der Waals surface area contributed by atoms with Gasteiger partial charge in [0, 0.05) is 6.08 Å². The molecule has 1 saturated heterocycles. The van der Waals surface area contributed by atoms with Crippen LogP contribution in [-0.2, 0) is 11.0 Å². The monoisotopic (exact) mass is 369 g/mol. The van der Waals surface area contributed by atoms with Gasteiger partial charge in [-0.3, -0.25) is 9.69 Å². The molecule has 2 heterocycles. The van der Waals surface area contributed by atoms with Crippen molar-refractivity contribution in [2.75, 3.05) is 4.90 Å². The number of aryl methyl sites for hydroxylation is 1. The lowest BCUT2D eigenvalue weighted by Gasteiger charge is -2.16. The largest absolute Gasteiger partial charge is 0.462 e. The smallest absolute Gasteiger partial charge is 0.416 e. The number of benzene rings is 1. The molecule has 0 N–H and O–H groups in total. The number of rotatable bonds is 2. The van der Waals surface area contributed by atoms with E-state index in [1.807, 2.05) is 0 Å². The highest BCUT2D eigenvalue weighted by Crippen LogP contribution is 2.38. The molecule has 24 heavy (non-hydrogen) atoms. The van der Waals surface area contributed by atoms with Crippen LogP contribution in [0.5, 0.6) is 0 Å². The molecule has 1 fully saturated rings. The number of hydrogen-bond acceptors (Lipinski definition) is 4. The fourth-order valence-corrected chi connectivity index (χ4v) is 3.45. The first-order valence-electron chi connectivity index (χ1n) is 6.77. The zero-order valence-electron chi connectivity index (χ0n) is 12.3. The molecule has 0 spiro atoms. The van der Waals surface area contributed by atoms with Crippen LogP contribution in [0.15, 0.2) is 45.7 Å². The molecule has 0 radical (unpaired) electrons. The molecule has 0 saturated carbocycles. The summed E-state index contributed by atoms with van der Waals surface area (Å²) >= 11 is 6.17. The van der Waals surface area contributed by atoms with Gasteiger partial charge in [0.05, 0.1) is 16.2 Å². The first-order valence-corrected chi connectivity index (χ1v) is 8.00. The Balaban J connectivity index is 1.94. The van der Waals surface area contributed by atoms with Gasteiger partial charge in [0.1, 0.15) is 11.5 Å². The summed E-state index contributed by atoms with van der Waals surface area (Å²) < 4.78 is 44.1. The predicted molar refractivity (Wildman–Crippen MR) is 90.5 cm³/mol. The third-order valence-electron chi connectivity index (χ3n) is 3.26. The molecule has 0 unspecified atom stereocenters. The molecule has 3 rings (SSSR count). The highest BCUT2D eigenvalue weighted by atomic mass is 32.2. The van der Waals surface area contributed by atoms with Crippen LogP contribution in [0.2, 0.25) is 0 Å². The molecule has 0 atom stereocenters. The van der Waals surface area contributed by atoms with Crippen molar-refractivity contribution in [3.63, 3.8) is 0 Å². The topological polar surface area (TPSA) is 33.5 Å². The molecule has 1 aliphatic heterocycles. The second kappa shape index (κ2) is 6.10. The lowest BCUT2D eigenvalue weighted by atomic mass is 10.2. The Hall–Kier alpha value is -2.06. The summed E-state index contributed by atoms with van der Waals surface area (Å²) in [6.07, 6.45) is -2.96. The predicted octanol–water partition coefficient (Wildman–Crippen LogP) is 5.01. The number of halogens is 3. The molecular formula is C16H10F3NO2S2. The zero-order chi connectivity index (χ0) is 17.5. The molecule has 1 aromatic heterocycles. The Morgan fingerprint density at radius 2 is 2.00 bits per heavy atom. The summed E-state index contributed by atoms with van der Waals surface area (Å²) in [6.45, 7) is 1.77. The first-order chi connectivity index (χ1) is 11.3. The summed E-state index contributed by atoms with van der Waals surface area (Å²) in [5, 5.41) is 0. The summed E-state index contributed by atoms with van der Waals surface area (Å²) in [5.41, 5.74) is -0.744. The maximum absolute atomic E-state index is 12.9. The van der Waals surface area contributed by atoms with E-state index < -0.39 is 17.6 Å². The quantitative estimate of drug-likeness (QED) is 0.550. The summed E-state index contributed by atoms with van der Waals surface area (Å²) in [5.74, 6) is 0.699. The van der Waals surface area contributed by atoms with Crippen molar-refractivity contribution >= 4 is 46.0 Å². The molecule has 1 aliphatic rings. The Labute approximate surface area is 145 Å². The molecule has 124 valence electrons. The number of amides is 1. The van der Waals surface area contributed by atoms with Gasteiger partial charge in [-0.2, -0.15) is 13.2 Å². The molecule has 8 heteroatoms. The number of nitrogens with zero attached hydrogens (tertiary/aromatic N) is 1. The van der Waals surface area contributed by atoms with Crippen LogP contribution >= 0.6 is 24.0 Å². The average molecular weight is 369 g/mol. The lowest BCUT2D eigenvalue weighted by molar-refractivity contribution is -0.137. The molecule has 0 aliphatic carbocycles. The highest BCUT2D eigenvalue weighted by Gasteiger charge is 2.36. The second-order valence-electron chi connectivity index (χ2n) is 5.01. The molecule has 3 nitrogen and oxygen atoms in total. The average Bonchev–Trinajstić information content (AvgIpc) is 3.02. The van der Waals surface area contributed by atoms with Crippen molar-refractivity contribution in [1.82, 2.24) is 0 Å². The normalized spacial score (nSPS) is 17.2. The van der Waals surface area contributed by atoms with Gasteiger partial charge < -0.3 is 4.42 Å². The second-order valence-corrected chi connectivity index (χ2v) is 6.69. The van der Waals surface area contributed by atoms with E-state index in [0.29, 0.717) is 16.4 Å². The third kappa shape index (κ3) is 3.25. The van der Waals surface area contributed by atoms with Gasteiger partial charge in [-0.15, -0.1) is 0 Å². The summed E-state index contributed by atoms with van der Waals surface area (Å²) in [6, 6.07) is 7.97. The Morgan fingerprint density at radius 3 is 2.62 bits per heavy atom. The molecule has 1 aromatic carbocycles. The van der Waals surface area contributed by atoms with Crippen LogP contribution in [0, 0.1) is 6.92 Å². The van der Waals surface area contributed by atoms with E-state index in [0.717, 1.165) is 28.8 Å². The number of thioether (sulfide) groups is 1. The standard InChI is InChI=1S/C16H10F3NO2S2/c1-9-5-6-12(22-9)8-13-14(21)20(15(23)24-13)11-4-2-3-10(7-11)16(17,18)19/h2-8H,1H3/b13-8+. The minimum atomic E-state index is -4.49. The third-order valence-corrected chi connectivity index (χ3v) is 4.56. The fraction of sp³-hybridized carbons (Fsp3) is 0.125. The van der Waals surface area contributed by atoms with Crippen LogP contribution in [0.1, 0.15) is 17.1 Å². The molecule has 0 bridgehead atoms. The number of furan rings is 1. The summed E-state index contributed by atoms with van der Waals surface area (Å²) in [4.78, 5) is 13.9. The first kappa shape index (κ1) is 16.8. The Morgan fingerprint density at radius 1 is 1.25 bits per heavy atom. The fourth-order valence-electron chi connectivity index (χ4n) is 2.17. The van der Waals surface area contributed by atoms with E-state index >= 15 is 0 Å². The van der Waals surface area contributed by atoms with Crippen LogP contribution in [0.3, 0.4) is 0 Å². The minimum absolute atomic E-state index is 0.0892. The van der Waals surface area contributed by atoms with Crippen molar-refractivity contribution in [3.05, 3.63) is 58.4 Å². The van der Waals surface area contributed by atoms with Gasteiger partial charge in [-0.05, 0) is 37.3 Å². The number of hydrogen-bond donors (Lipinski definition) is 0. The Kier molecular flexibility index (Phi) is 4.27. The van der Waals surface area contributed by atoms with Crippen molar-refractivity contribution in [2.45, 2.75) is 13.1 Å². The molecular weight excluding hydrogens is 359 g/mol. The Bertz CT molecular complexity index is 855. The van der Waals surface area contributed by atoms with Gasteiger partial charge in [0.25, 0.3) is 5.91 Å². The van der Waals surface area contributed by atoms with Crippen LogP contribution in [-0.4, -0.2) is 10.2 Å². The highest BCUT2D eigenvalue weighted by molar-refractivity contribution is 8.27. The number of thiocarbonyl (C=S) groups is 1. The molecule has 2 aromatic rings. The maximum atomic E-state index is 12.9. The van der Waals surface area contributed by atoms with E-state index in [1.54, 1.807) is 19.1 Å². The van der Waals surface area contributed by atoms with Gasteiger partial charge in [-0.25, -0.2) is 0 Å². The van der Waals surface area contributed by atoms with Crippen molar-refractivity contribution in [1.29, 1.82) is 0 Å². The molecule has 1 amide bonds. The van der Waals surface area contributed by atoms with E-state index in [-0.39, 0.29) is 10.0 Å². The number of alkyl halides is 3. The van der Waals surface area contributed by atoms with Crippen molar-refractivity contribution in [3.8, 4) is 0 Å². The van der Waals surface area contributed by atoms with Gasteiger partial charge >= 0.3 is 6.18 Å². The van der Waals surface area contributed by atoms with Crippen LogP contribution < -0.4 is 4.90 Å². The number of carbonyl (C=O) groups excluding carboxylic acids is 1. The van der Waals surface area contributed by atoms with E-state index in [2.05, 4.69) is 0 Å². The van der Waals surface area contributed by atoms with E-state index in [4.69, 9.17) is 16.6 Å². The van der Waals surface area contributed by atoms with Crippen molar-refractivity contribution < 1.29 is 22.4 Å². The summed E-state index contributed by atoms with van der Waals surface area (Å²) in [7, 11) is 0. The van der Waals surface area contributed by atoms with Gasteiger partial charge in [0.2, 0.25) is 0 Å². The van der Waals surface area contributed by atoms with E-state index in [1.165, 1.54) is 18.2 Å². The van der Waals surface area contributed by atoms with Gasteiger partial charge in [0.15, 0.2) is 4.32 Å². The zero-order valence-corrected chi connectivity index (χ0v) is 13.9. The SMILES string of the molecule is Cc1ccc(/C=C2/SC(=S)N(c3cccc(C(F)(F)F)c3)C2=O)o1. The number of anilines is 1. The van der Waals surface area contributed by atoms with Gasteiger partial charge in [-0.1, -0.05) is 30.0 Å². The van der Waals surface area contributed by atoms with Crippen LogP contribution in [0.25, 0.3) is 6.08 Å². The minimum Gasteiger partial charge on any atom is -0.462 e. The van der Waals surface area contributed by atoms with E-state index in [9.17, 15) is 18.0 Å². The van der Waals surface area contributed by atoms with Crippen LogP contribution in [0.4, 0.5) is 18.9 Å². The number of carbonyl (C=O) groups is 1. The maximum Gasteiger partial charge on any atom is 0.416 e.